The van der Waals surface area contributed by atoms with Crippen LogP contribution in [0.1, 0.15) is 5.56 Å². The first kappa shape index (κ1) is 21.1. The minimum absolute atomic E-state index is 0.0423. The molecule has 1 saturated heterocycles. The Bertz CT molecular complexity index is 1080. The molecule has 0 spiro atoms. The van der Waals surface area contributed by atoms with Gasteiger partial charge in [0.15, 0.2) is 0 Å². The van der Waals surface area contributed by atoms with Crippen LogP contribution in [0.25, 0.3) is 5.69 Å². The molecule has 160 valence electrons. The molecule has 1 fully saturated rings. The molecule has 0 atom stereocenters. The monoisotopic (exact) mass is 438 g/mol. The Labute approximate surface area is 185 Å². The van der Waals surface area contributed by atoms with Crippen LogP contribution in [0.2, 0.25) is 5.02 Å². The number of rotatable bonds is 6. The molecule has 8 heteroatoms. The molecule has 0 bridgehead atoms. The first-order valence-corrected chi connectivity index (χ1v) is 10.5. The zero-order chi connectivity index (χ0) is 21.6. The molecule has 1 amide bonds. The summed E-state index contributed by atoms with van der Waals surface area (Å²) >= 11 is 6.39. The Morgan fingerprint density at radius 3 is 2.29 bits per heavy atom. The Hall–Kier alpha value is -3.16. The number of amides is 1. The molecule has 1 aliphatic rings. The minimum Gasteiger partial charge on any atom is -0.367 e. The van der Waals surface area contributed by atoms with E-state index < -0.39 is 0 Å². The van der Waals surface area contributed by atoms with Crippen LogP contribution >= 0.6 is 11.6 Å². The Morgan fingerprint density at radius 1 is 0.968 bits per heavy atom. The van der Waals surface area contributed by atoms with Gasteiger partial charge in [-0.3, -0.25) is 9.59 Å². The smallest absolute Gasteiger partial charge is 0.292 e. The third-order valence-corrected chi connectivity index (χ3v) is 5.57. The number of halogens is 1. The van der Waals surface area contributed by atoms with Gasteiger partial charge in [-0.25, -0.2) is 0 Å². The number of hydrogen-bond acceptors (Lipinski definition) is 5. The topological polar surface area (TPSA) is 67.7 Å². The van der Waals surface area contributed by atoms with Crippen LogP contribution in [0.5, 0.6) is 0 Å². The highest BCUT2D eigenvalue weighted by Gasteiger charge is 2.24. The van der Waals surface area contributed by atoms with E-state index in [2.05, 4.69) is 5.10 Å². The molecule has 7 nitrogen and oxygen atoms in total. The zero-order valence-corrected chi connectivity index (χ0v) is 17.7. The van der Waals surface area contributed by atoms with Gasteiger partial charge in [0.25, 0.3) is 5.56 Å². The number of nitrogens with zero attached hydrogens (tertiary/aromatic N) is 4. The summed E-state index contributed by atoms with van der Waals surface area (Å²) in [6.45, 7) is 2.66. The van der Waals surface area contributed by atoms with Crippen LogP contribution in [-0.4, -0.2) is 53.4 Å². The summed E-state index contributed by atoms with van der Waals surface area (Å²) in [4.78, 5) is 28.9. The second-order valence-electron chi connectivity index (χ2n) is 7.24. The van der Waals surface area contributed by atoms with E-state index in [4.69, 9.17) is 16.3 Å². The van der Waals surface area contributed by atoms with E-state index in [0.29, 0.717) is 44.2 Å². The highest BCUT2D eigenvalue weighted by atomic mass is 35.5. The van der Waals surface area contributed by atoms with Gasteiger partial charge in [-0.2, -0.15) is 9.78 Å². The molecule has 0 N–H and O–H groups in total. The average molecular weight is 439 g/mol. The van der Waals surface area contributed by atoms with Crippen molar-refractivity contribution in [3.63, 3.8) is 0 Å². The average Bonchev–Trinajstić information content (AvgIpc) is 2.82. The molecular formula is C23H23ClN4O3. The summed E-state index contributed by atoms with van der Waals surface area (Å²) in [6, 6.07) is 18.9. The maximum Gasteiger partial charge on any atom is 0.292 e. The summed E-state index contributed by atoms with van der Waals surface area (Å²) in [6.07, 6.45) is 1.61. The summed E-state index contributed by atoms with van der Waals surface area (Å²) in [5.41, 5.74) is 1.92. The second-order valence-corrected chi connectivity index (χ2v) is 7.62. The van der Waals surface area contributed by atoms with Crippen LogP contribution in [0, 0.1) is 0 Å². The predicted molar refractivity (Wildman–Crippen MR) is 120 cm³/mol. The van der Waals surface area contributed by atoms with Gasteiger partial charge in [-0.15, -0.1) is 0 Å². The molecule has 0 radical (unpaired) electrons. The number of carbonyl (C=O) groups excluding carboxylic acids is 1. The number of para-hydroxylation sites is 1. The van der Waals surface area contributed by atoms with Crippen LogP contribution in [0.15, 0.2) is 71.7 Å². The van der Waals surface area contributed by atoms with Crippen LogP contribution in [0.4, 0.5) is 5.69 Å². The van der Waals surface area contributed by atoms with Crippen molar-refractivity contribution in [2.45, 2.75) is 6.61 Å². The number of carbonyl (C=O) groups is 1. The number of hydrogen-bond donors (Lipinski definition) is 0. The number of aromatic nitrogens is 2. The van der Waals surface area contributed by atoms with Crippen molar-refractivity contribution in [3.8, 4) is 5.69 Å². The Kier molecular flexibility index (Phi) is 6.64. The molecule has 4 rings (SSSR count). The van der Waals surface area contributed by atoms with Crippen molar-refractivity contribution < 1.29 is 9.53 Å². The molecule has 0 saturated carbocycles. The van der Waals surface area contributed by atoms with E-state index >= 15 is 0 Å². The standard InChI is InChI=1S/C23H23ClN4O3/c24-22-20(15-25-28(23(22)30)19-9-5-2-6-10-19)26-11-13-27(14-12-26)21(29)17-31-16-18-7-3-1-4-8-18/h1-10,15H,11-14,16-17H2. The van der Waals surface area contributed by atoms with E-state index in [9.17, 15) is 9.59 Å². The molecule has 0 unspecified atom stereocenters. The van der Waals surface area contributed by atoms with Crippen molar-refractivity contribution >= 4 is 23.2 Å². The normalized spacial score (nSPS) is 14.0. The first-order valence-electron chi connectivity index (χ1n) is 10.1. The maximum absolute atomic E-state index is 12.7. The third-order valence-electron chi connectivity index (χ3n) is 5.21. The Balaban J connectivity index is 1.34. The van der Waals surface area contributed by atoms with Gasteiger partial charge in [0.2, 0.25) is 5.91 Å². The van der Waals surface area contributed by atoms with Gasteiger partial charge < -0.3 is 14.5 Å². The molecule has 3 aromatic rings. The first-order chi connectivity index (χ1) is 15.1. The number of anilines is 1. The van der Waals surface area contributed by atoms with Crippen molar-refractivity contribution in [2.24, 2.45) is 0 Å². The van der Waals surface area contributed by atoms with Gasteiger partial charge in [0.1, 0.15) is 11.6 Å². The summed E-state index contributed by atoms with van der Waals surface area (Å²) in [5.74, 6) is -0.0423. The molecule has 2 heterocycles. The zero-order valence-electron chi connectivity index (χ0n) is 17.0. The fourth-order valence-corrected chi connectivity index (χ4v) is 3.76. The predicted octanol–water partition coefficient (Wildman–Crippen LogP) is 2.75. The molecule has 1 aromatic heterocycles. The fraction of sp³-hybridized carbons (Fsp3) is 0.261. The van der Waals surface area contributed by atoms with E-state index in [1.54, 1.807) is 23.2 Å². The van der Waals surface area contributed by atoms with Crippen molar-refractivity contribution in [3.05, 3.63) is 87.8 Å². The number of ether oxygens (including phenoxy) is 1. The van der Waals surface area contributed by atoms with Gasteiger partial charge >= 0.3 is 0 Å². The SMILES string of the molecule is O=C(COCc1ccccc1)N1CCN(c2cnn(-c3ccccc3)c(=O)c2Cl)CC1. The molecule has 31 heavy (non-hydrogen) atoms. The van der Waals surface area contributed by atoms with Gasteiger partial charge in [-0.1, -0.05) is 60.1 Å². The van der Waals surface area contributed by atoms with E-state index in [-0.39, 0.29) is 23.1 Å². The number of piperazine rings is 1. The van der Waals surface area contributed by atoms with E-state index in [1.807, 2.05) is 53.4 Å². The lowest BCUT2D eigenvalue weighted by Gasteiger charge is -2.36. The second kappa shape index (κ2) is 9.76. The van der Waals surface area contributed by atoms with Gasteiger partial charge in [0.05, 0.1) is 24.2 Å². The lowest BCUT2D eigenvalue weighted by Crippen LogP contribution is -2.50. The van der Waals surface area contributed by atoms with Gasteiger partial charge in [0, 0.05) is 26.2 Å². The van der Waals surface area contributed by atoms with E-state index in [1.165, 1.54) is 4.68 Å². The quantitative estimate of drug-likeness (QED) is 0.592. The fourth-order valence-electron chi connectivity index (χ4n) is 3.52. The minimum atomic E-state index is -0.363. The summed E-state index contributed by atoms with van der Waals surface area (Å²) < 4.78 is 6.84. The largest absolute Gasteiger partial charge is 0.367 e. The molecule has 0 aliphatic carbocycles. The Morgan fingerprint density at radius 2 is 1.61 bits per heavy atom. The third kappa shape index (κ3) is 4.95. The van der Waals surface area contributed by atoms with Crippen molar-refractivity contribution in [1.82, 2.24) is 14.7 Å². The highest BCUT2D eigenvalue weighted by molar-refractivity contribution is 6.33. The van der Waals surface area contributed by atoms with Crippen molar-refractivity contribution in [2.75, 3.05) is 37.7 Å². The molecule has 1 aliphatic heterocycles. The van der Waals surface area contributed by atoms with Gasteiger partial charge in [-0.05, 0) is 17.7 Å². The van der Waals surface area contributed by atoms with Crippen LogP contribution < -0.4 is 10.5 Å². The highest BCUT2D eigenvalue weighted by Crippen LogP contribution is 2.23. The van der Waals surface area contributed by atoms with Crippen molar-refractivity contribution in [1.29, 1.82) is 0 Å². The summed E-state index contributed by atoms with van der Waals surface area (Å²) in [5, 5.41) is 4.41. The van der Waals surface area contributed by atoms with Crippen LogP contribution in [0.3, 0.4) is 0 Å². The van der Waals surface area contributed by atoms with E-state index in [0.717, 1.165) is 5.56 Å². The van der Waals surface area contributed by atoms with Crippen LogP contribution in [-0.2, 0) is 16.1 Å². The molecular weight excluding hydrogens is 416 g/mol. The lowest BCUT2D eigenvalue weighted by molar-refractivity contribution is -0.136. The maximum atomic E-state index is 12.7. The summed E-state index contributed by atoms with van der Waals surface area (Å²) in [7, 11) is 0. The number of benzene rings is 2. The molecule has 2 aromatic carbocycles. The lowest BCUT2D eigenvalue weighted by atomic mass is 10.2.